The third kappa shape index (κ3) is 12.8. The second-order valence-corrected chi connectivity index (χ2v) is 11.2. The van der Waals surface area contributed by atoms with Gasteiger partial charge in [0.1, 0.15) is 23.9 Å². The maximum absolute atomic E-state index is 11.1. The van der Waals surface area contributed by atoms with Gasteiger partial charge in [-0.3, -0.25) is 4.79 Å². The molecule has 2 aromatic carbocycles. The minimum Gasteiger partial charge on any atom is -0.494 e. The van der Waals surface area contributed by atoms with E-state index in [0.29, 0.717) is 11.5 Å². The van der Waals surface area contributed by atoms with Crippen molar-refractivity contribution in [3.63, 3.8) is 0 Å². The summed E-state index contributed by atoms with van der Waals surface area (Å²) in [7, 11) is 0. The summed E-state index contributed by atoms with van der Waals surface area (Å²) in [6, 6.07) is 16.5. The van der Waals surface area contributed by atoms with Crippen LogP contribution in [0.1, 0.15) is 122 Å². The Balaban J connectivity index is 1.55. The SMILES string of the molecule is CC(=O)CCCCCCCCCCCCCCOc1ccc(C(C)(C)c2ccc(OCC(C)=O)cc2)cc1. The van der Waals surface area contributed by atoms with E-state index in [1.807, 2.05) is 12.1 Å². The number of carbonyl (C=O) groups is 2. The smallest absolute Gasteiger partial charge is 0.167 e. The Bertz CT molecular complexity index is 928. The number of ether oxygens (including phenoxy) is 2. The van der Waals surface area contributed by atoms with Crippen LogP contribution in [0, 0.1) is 0 Å². The lowest BCUT2D eigenvalue weighted by Crippen LogP contribution is -2.18. The minimum absolute atomic E-state index is 0.0176. The highest BCUT2D eigenvalue weighted by Crippen LogP contribution is 2.33. The predicted molar refractivity (Wildman–Crippen MR) is 157 cm³/mol. The van der Waals surface area contributed by atoms with E-state index in [2.05, 4.69) is 50.2 Å². The van der Waals surface area contributed by atoms with Crippen LogP contribution in [0.5, 0.6) is 11.5 Å². The van der Waals surface area contributed by atoms with E-state index in [0.717, 1.165) is 31.6 Å². The topological polar surface area (TPSA) is 52.6 Å². The molecule has 2 rings (SSSR count). The van der Waals surface area contributed by atoms with E-state index in [1.54, 1.807) is 6.92 Å². The van der Waals surface area contributed by atoms with Crippen LogP contribution in [0.2, 0.25) is 0 Å². The fraction of sp³-hybridized carbons (Fsp3) is 0.588. The normalized spacial score (nSPS) is 11.4. The summed E-state index contributed by atoms with van der Waals surface area (Å²) in [5.74, 6) is 1.99. The summed E-state index contributed by atoms with van der Waals surface area (Å²) >= 11 is 0. The second kappa shape index (κ2) is 17.8. The Kier molecular flexibility index (Phi) is 14.8. The summed E-state index contributed by atoms with van der Waals surface area (Å²) < 4.78 is 11.5. The van der Waals surface area contributed by atoms with E-state index < -0.39 is 0 Å². The fourth-order valence-corrected chi connectivity index (χ4v) is 4.72. The van der Waals surface area contributed by atoms with Crippen LogP contribution in [0.15, 0.2) is 48.5 Å². The first-order chi connectivity index (χ1) is 18.3. The maximum atomic E-state index is 11.1. The van der Waals surface area contributed by atoms with Gasteiger partial charge in [0.2, 0.25) is 0 Å². The number of Topliss-reactive ketones (excluding diaryl/α,β-unsaturated/α-hetero) is 2. The standard InChI is InChI=1S/C34H50O4/c1-28(35)17-15-13-11-9-7-5-6-8-10-12-14-16-26-37-32-22-18-30(19-23-32)34(3,4)31-20-24-33(25-21-31)38-27-29(2)36/h18-25H,5-17,26-27H2,1-4H3. The molecule has 0 aliphatic rings. The van der Waals surface area contributed by atoms with E-state index >= 15 is 0 Å². The second-order valence-electron chi connectivity index (χ2n) is 11.2. The minimum atomic E-state index is -0.145. The molecule has 0 spiro atoms. The number of rotatable bonds is 21. The number of benzene rings is 2. The summed E-state index contributed by atoms with van der Waals surface area (Å²) in [5.41, 5.74) is 2.28. The fourth-order valence-electron chi connectivity index (χ4n) is 4.72. The van der Waals surface area contributed by atoms with Gasteiger partial charge in [-0.05, 0) is 62.1 Å². The highest BCUT2D eigenvalue weighted by atomic mass is 16.5. The molecular formula is C34H50O4. The van der Waals surface area contributed by atoms with Gasteiger partial charge in [-0.1, -0.05) is 102 Å². The molecule has 4 nitrogen and oxygen atoms in total. The molecule has 0 amide bonds. The highest BCUT2D eigenvalue weighted by molar-refractivity contribution is 5.77. The molecule has 0 bridgehead atoms. The lowest BCUT2D eigenvalue weighted by atomic mass is 9.78. The van der Waals surface area contributed by atoms with Gasteiger partial charge in [0.05, 0.1) is 6.61 Å². The monoisotopic (exact) mass is 522 g/mol. The van der Waals surface area contributed by atoms with Gasteiger partial charge in [0, 0.05) is 11.8 Å². The Morgan fingerprint density at radius 2 is 0.947 bits per heavy atom. The molecule has 38 heavy (non-hydrogen) atoms. The Hall–Kier alpha value is -2.62. The molecule has 0 aliphatic carbocycles. The van der Waals surface area contributed by atoms with Crippen molar-refractivity contribution in [2.45, 2.75) is 117 Å². The Labute approximate surface area is 231 Å². The van der Waals surface area contributed by atoms with Crippen molar-refractivity contribution in [1.82, 2.24) is 0 Å². The highest BCUT2D eigenvalue weighted by Gasteiger charge is 2.23. The van der Waals surface area contributed by atoms with E-state index in [9.17, 15) is 9.59 Å². The summed E-state index contributed by atoms with van der Waals surface area (Å²) in [5, 5.41) is 0. The molecule has 0 fully saturated rings. The Morgan fingerprint density at radius 1 is 0.553 bits per heavy atom. The van der Waals surface area contributed by atoms with Crippen molar-refractivity contribution in [3.05, 3.63) is 59.7 Å². The third-order valence-corrected chi connectivity index (χ3v) is 7.29. The van der Waals surface area contributed by atoms with Crippen LogP contribution in [0.3, 0.4) is 0 Å². The zero-order valence-electron chi connectivity index (χ0n) is 24.4. The van der Waals surface area contributed by atoms with Gasteiger partial charge < -0.3 is 14.3 Å². The summed E-state index contributed by atoms with van der Waals surface area (Å²) in [6.45, 7) is 8.52. The molecule has 0 unspecified atom stereocenters. The van der Waals surface area contributed by atoms with Crippen LogP contribution in [0.25, 0.3) is 0 Å². The van der Waals surface area contributed by atoms with Gasteiger partial charge >= 0.3 is 0 Å². The molecule has 0 aliphatic heterocycles. The average Bonchev–Trinajstić information content (AvgIpc) is 2.90. The summed E-state index contributed by atoms with van der Waals surface area (Å²) in [4.78, 5) is 22.0. The zero-order chi connectivity index (χ0) is 27.6. The molecule has 4 heteroatoms. The first-order valence-corrected chi connectivity index (χ1v) is 14.7. The van der Waals surface area contributed by atoms with Crippen molar-refractivity contribution < 1.29 is 19.1 Å². The molecule has 210 valence electrons. The van der Waals surface area contributed by atoms with Gasteiger partial charge in [-0.25, -0.2) is 0 Å². The number of ketones is 2. The number of carbonyl (C=O) groups excluding carboxylic acids is 2. The quantitative estimate of drug-likeness (QED) is 0.153. The summed E-state index contributed by atoms with van der Waals surface area (Å²) in [6.07, 6.45) is 16.0. The van der Waals surface area contributed by atoms with Crippen LogP contribution >= 0.6 is 0 Å². The average molecular weight is 523 g/mol. The van der Waals surface area contributed by atoms with Crippen molar-refractivity contribution in [1.29, 1.82) is 0 Å². The molecule has 0 saturated carbocycles. The van der Waals surface area contributed by atoms with Crippen LogP contribution in [-0.2, 0) is 15.0 Å². The maximum Gasteiger partial charge on any atom is 0.167 e. The van der Waals surface area contributed by atoms with Crippen molar-refractivity contribution in [3.8, 4) is 11.5 Å². The van der Waals surface area contributed by atoms with Crippen molar-refractivity contribution in [2.24, 2.45) is 0 Å². The molecule has 0 radical (unpaired) electrons. The zero-order valence-corrected chi connectivity index (χ0v) is 24.4. The van der Waals surface area contributed by atoms with Crippen molar-refractivity contribution >= 4 is 11.6 Å². The lowest BCUT2D eigenvalue weighted by Gasteiger charge is -2.26. The van der Waals surface area contributed by atoms with E-state index in [1.165, 1.54) is 82.3 Å². The van der Waals surface area contributed by atoms with Crippen molar-refractivity contribution in [2.75, 3.05) is 13.2 Å². The largest absolute Gasteiger partial charge is 0.494 e. The number of hydrogen-bond donors (Lipinski definition) is 0. The number of hydrogen-bond acceptors (Lipinski definition) is 4. The number of unbranched alkanes of at least 4 members (excludes halogenated alkanes) is 11. The molecule has 2 aromatic rings. The first-order valence-electron chi connectivity index (χ1n) is 14.7. The lowest BCUT2D eigenvalue weighted by molar-refractivity contribution is -0.119. The molecule has 0 aromatic heterocycles. The van der Waals surface area contributed by atoms with Gasteiger partial charge in [0.15, 0.2) is 5.78 Å². The van der Waals surface area contributed by atoms with Gasteiger partial charge in [-0.2, -0.15) is 0 Å². The van der Waals surface area contributed by atoms with Crippen LogP contribution in [0.4, 0.5) is 0 Å². The predicted octanol–water partition coefficient (Wildman–Crippen LogP) is 9.02. The molecule has 0 heterocycles. The molecule has 0 atom stereocenters. The molecule has 0 N–H and O–H groups in total. The third-order valence-electron chi connectivity index (χ3n) is 7.29. The van der Waals surface area contributed by atoms with Crippen LogP contribution in [-0.4, -0.2) is 24.8 Å². The van der Waals surface area contributed by atoms with Gasteiger partial charge in [0.25, 0.3) is 0 Å². The molecule has 0 saturated heterocycles. The van der Waals surface area contributed by atoms with Gasteiger partial charge in [-0.15, -0.1) is 0 Å². The van der Waals surface area contributed by atoms with E-state index in [4.69, 9.17) is 9.47 Å². The first kappa shape index (κ1) is 31.6. The Morgan fingerprint density at radius 3 is 1.37 bits per heavy atom. The molecular weight excluding hydrogens is 472 g/mol. The van der Waals surface area contributed by atoms with E-state index in [-0.39, 0.29) is 17.8 Å². The van der Waals surface area contributed by atoms with Crippen LogP contribution < -0.4 is 9.47 Å².